The van der Waals surface area contributed by atoms with Crippen LogP contribution >= 0.6 is 11.6 Å². The monoisotopic (exact) mass is 575 g/mol. The van der Waals surface area contributed by atoms with Gasteiger partial charge in [0, 0.05) is 12.4 Å². The summed E-state index contributed by atoms with van der Waals surface area (Å²) < 4.78 is 21.8. The van der Waals surface area contributed by atoms with E-state index in [4.69, 9.17) is 30.5 Å². The lowest BCUT2D eigenvalue weighted by Gasteiger charge is -2.29. The van der Waals surface area contributed by atoms with Crippen molar-refractivity contribution < 1.29 is 42.9 Å². The number of pyridine rings is 2. The molecule has 0 saturated carbocycles. The topological polar surface area (TPSA) is 160 Å². The number of ether oxygens (including phenoxy) is 4. The number of aryl methyl sites for hydroxylation is 1. The highest BCUT2D eigenvalue weighted by Gasteiger charge is 2.41. The lowest BCUT2D eigenvalue weighted by atomic mass is 9.95. The van der Waals surface area contributed by atoms with Crippen molar-refractivity contribution in [3.63, 3.8) is 0 Å². The first kappa shape index (κ1) is 30.5. The van der Waals surface area contributed by atoms with Crippen LogP contribution in [0, 0.1) is 18.8 Å². The van der Waals surface area contributed by atoms with Gasteiger partial charge in [-0.25, -0.2) is 19.6 Å². The van der Waals surface area contributed by atoms with Gasteiger partial charge in [0.05, 0.1) is 17.4 Å². The number of halogens is 1. The van der Waals surface area contributed by atoms with Gasteiger partial charge in [-0.3, -0.25) is 14.4 Å². The Balaban J connectivity index is 1.83. The van der Waals surface area contributed by atoms with Gasteiger partial charge in [-0.15, -0.1) is 0 Å². The van der Waals surface area contributed by atoms with Crippen molar-refractivity contribution in [3.8, 4) is 5.75 Å². The molecule has 2 aromatic heterocycles. The molecule has 1 saturated heterocycles. The molecule has 3 heterocycles. The van der Waals surface area contributed by atoms with Crippen LogP contribution in [-0.2, 0) is 28.6 Å². The summed E-state index contributed by atoms with van der Waals surface area (Å²) in [7, 11) is 0. The molecule has 12 nitrogen and oxygen atoms in total. The third-order valence-corrected chi connectivity index (χ3v) is 6.29. The predicted molar refractivity (Wildman–Crippen MR) is 139 cm³/mol. The Bertz CT molecular complexity index is 1300. The van der Waals surface area contributed by atoms with Crippen LogP contribution in [0.15, 0.2) is 30.6 Å². The number of carbonyl (C=O) groups is 5. The Kier molecular flexibility index (Phi) is 10.2. The van der Waals surface area contributed by atoms with E-state index < -0.39 is 66.5 Å². The average Bonchev–Trinajstić information content (AvgIpc) is 2.94. The van der Waals surface area contributed by atoms with Crippen molar-refractivity contribution in [2.75, 3.05) is 6.61 Å². The predicted octanol–water partition coefficient (Wildman–Crippen LogP) is 2.84. The fourth-order valence-corrected chi connectivity index (χ4v) is 4.00. The Morgan fingerprint density at radius 3 is 2.50 bits per heavy atom. The van der Waals surface area contributed by atoms with Gasteiger partial charge in [0.15, 0.2) is 23.6 Å². The molecule has 1 aliphatic heterocycles. The molecule has 1 N–H and O–H groups in total. The lowest BCUT2D eigenvalue weighted by Crippen LogP contribution is -2.47. The molecule has 2 aromatic rings. The number of esters is 4. The zero-order valence-electron chi connectivity index (χ0n) is 22.6. The number of nitrogens with one attached hydrogen (secondary N) is 1. The van der Waals surface area contributed by atoms with Gasteiger partial charge in [0.2, 0.25) is 0 Å². The molecule has 1 fully saturated rings. The van der Waals surface area contributed by atoms with Crippen LogP contribution in [0.1, 0.15) is 60.5 Å². The van der Waals surface area contributed by atoms with Crippen molar-refractivity contribution >= 4 is 41.4 Å². The first-order valence-electron chi connectivity index (χ1n) is 12.6. The minimum atomic E-state index is -1.43. The fourth-order valence-electron chi connectivity index (χ4n) is 3.82. The molecule has 4 atom stereocenters. The van der Waals surface area contributed by atoms with Crippen LogP contribution < -0.4 is 10.1 Å². The van der Waals surface area contributed by atoms with Gasteiger partial charge < -0.3 is 24.3 Å². The molecular weight excluding hydrogens is 546 g/mol. The van der Waals surface area contributed by atoms with Crippen molar-refractivity contribution in [3.05, 3.63) is 52.6 Å². The molecule has 0 bridgehead atoms. The SMILES string of the molecule is CC[C@H]1C(=O)OC[C@H](NC(=O)c2nccc(C)c2OC(=O)c2ccnc(Cl)c2)C(=O)O[C@@H](C)[C@@H]1OC(=O)C(C)C. The number of cyclic esters (lactones) is 2. The summed E-state index contributed by atoms with van der Waals surface area (Å²) in [6.45, 7) is 7.52. The average molecular weight is 576 g/mol. The minimum Gasteiger partial charge on any atom is -0.463 e. The molecule has 0 aromatic carbocycles. The number of nitrogens with zero attached hydrogens (tertiary/aromatic N) is 2. The highest BCUT2D eigenvalue weighted by molar-refractivity contribution is 6.29. The summed E-state index contributed by atoms with van der Waals surface area (Å²) in [6.07, 6.45) is 0.792. The van der Waals surface area contributed by atoms with E-state index in [9.17, 15) is 24.0 Å². The maximum atomic E-state index is 13.2. The van der Waals surface area contributed by atoms with Crippen LogP contribution in [0.2, 0.25) is 5.15 Å². The summed E-state index contributed by atoms with van der Waals surface area (Å²) in [4.78, 5) is 71.9. The third-order valence-electron chi connectivity index (χ3n) is 6.08. The molecule has 0 radical (unpaired) electrons. The van der Waals surface area contributed by atoms with E-state index in [1.165, 1.54) is 37.5 Å². The second-order valence-electron chi connectivity index (χ2n) is 9.43. The Morgan fingerprint density at radius 1 is 1.15 bits per heavy atom. The highest BCUT2D eigenvalue weighted by Crippen LogP contribution is 2.25. The van der Waals surface area contributed by atoms with Crippen LogP contribution in [0.25, 0.3) is 0 Å². The van der Waals surface area contributed by atoms with E-state index in [-0.39, 0.29) is 28.6 Å². The van der Waals surface area contributed by atoms with Gasteiger partial charge in [-0.2, -0.15) is 0 Å². The number of hydrogen-bond donors (Lipinski definition) is 1. The second kappa shape index (κ2) is 13.3. The highest BCUT2D eigenvalue weighted by atomic mass is 35.5. The molecule has 1 amide bonds. The third kappa shape index (κ3) is 7.32. The van der Waals surface area contributed by atoms with Gasteiger partial charge in [0.25, 0.3) is 5.91 Å². The van der Waals surface area contributed by atoms with Crippen molar-refractivity contribution in [2.45, 2.75) is 59.3 Å². The van der Waals surface area contributed by atoms with Gasteiger partial charge in [-0.1, -0.05) is 32.4 Å². The maximum Gasteiger partial charge on any atom is 0.343 e. The maximum absolute atomic E-state index is 13.2. The largest absolute Gasteiger partial charge is 0.463 e. The summed E-state index contributed by atoms with van der Waals surface area (Å²) in [6, 6.07) is 2.78. The van der Waals surface area contributed by atoms with E-state index in [2.05, 4.69) is 15.3 Å². The Morgan fingerprint density at radius 2 is 1.85 bits per heavy atom. The van der Waals surface area contributed by atoms with Crippen LogP contribution in [0.5, 0.6) is 5.75 Å². The van der Waals surface area contributed by atoms with Crippen molar-refractivity contribution in [1.82, 2.24) is 15.3 Å². The molecule has 214 valence electrons. The van der Waals surface area contributed by atoms with Crippen LogP contribution in [0.4, 0.5) is 0 Å². The number of hydrogen-bond acceptors (Lipinski definition) is 11. The quantitative estimate of drug-likeness (QED) is 0.293. The molecule has 0 aliphatic carbocycles. The summed E-state index contributed by atoms with van der Waals surface area (Å²) in [5.74, 6) is -5.42. The summed E-state index contributed by atoms with van der Waals surface area (Å²) in [5, 5.41) is 2.51. The lowest BCUT2D eigenvalue weighted by molar-refractivity contribution is -0.176. The summed E-state index contributed by atoms with van der Waals surface area (Å²) in [5.41, 5.74) is 0.204. The van der Waals surface area contributed by atoms with Gasteiger partial charge >= 0.3 is 23.9 Å². The standard InChI is InChI=1S/C27H30ClN3O9/c1-6-17-22(40-24(33)13(2)3)15(5)38-27(36)18(12-37-26(17)35)31-23(32)20-21(14(4)7-9-30-20)39-25(34)16-8-10-29-19(28)11-16/h7-11,13,15,17-18,22H,6,12H2,1-5H3,(H,31,32)/t15-,17+,18-,22-/m0/s1. The molecule has 0 spiro atoms. The molecule has 0 unspecified atom stereocenters. The summed E-state index contributed by atoms with van der Waals surface area (Å²) >= 11 is 5.85. The van der Waals surface area contributed by atoms with Crippen LogP contribution in [0.3, 0.4) is 0 Å². The normalized spacial score (nSPS) is 21.3. The molecule has 13 heteroatoms. The number of amides is 1. The Hall–Kier alpha value is -4.06. The van der Waals surface area contributed by atoms with Crippen LogP contribution in [-0.4, -0.2) is 64.6 Å². The number of rotatable bonds is 7. The molecular formula is C27H30ClN3O9. The second-order valence-corrected chi connectivity index (χ2v) is 9.82. The van der Waals surface area contributed by atoms with E-state index >= 15 is 0 Å². The first-order valence-corrected chi connectivity index (χ1v) is 13.0. The molecule has 1 aliphatic rings. The van der Waals surface area contributed by atoms with Crippen molar-refractivity contribution in [2.24, 2.45) is 11.8 Å². The first-order chi connectivity index (χ1) is 18.9. The van der Waals surface area contributed by atoms with E-state index in [0.717, 1.165) is 0 Å². The van der Waals surface area contributed by atoms with Gasteiger partial charge in [-0.05, 0) is 44.0 Å². The van der Waals surface area contributed by atoms with E-state index in [1.54, 1.807) is 27.7 Å². The molecule has 3 rings (SSSR count). The zero-order valence-corrected chi connectivity index (χ0v) is 23.4. The Labute approximate surface area is 235 Å². The number of carbonyl (C=O) groups excluding carboxylic acids is 5. The fraction of sp³-hybridized carbons (Fsp3) is 0.444. The van der Waals surface area contributed by atoms with E-state index in [1.807, 2.05) is 0 Å². The zero-order chi connectivity index (χ0) is 29.6. The van der Waals surface area contributed by atoms with Gasteiger partial charge in [0.1, 0.15) is 17.9 Å². The minimum absolute atomic E-state index is 0.0735. The van der Waals surface area contributed by atoms with Crippen molar-refractivity contribution in [1.29, 1.82) is 0 Å². The smallest absolute Gasteiger partial charge is 0.343 e. The molecule has 40 heavy (non-hydrogen) atoms. The van der Waals surface area contributed by atoms with E-state index in [0.29, 0.717) is 5.56 Å². The number of aromatic nitrogens is 2.